The molecular weight excluding hydrogens is 268 g/mol. The van der Waals surface area contributed by atoms with Gasteiger partial charge in [-0.2, -0.15) is 0 Å². The van der Waals surface area contributed by atoms with Crippen LogP contribution in [0.3, 0.4) is 0 Å². The Hall–Kier alpha value is -2.63. The highest BCUT2D eigenvalue weighted by atomic mass is 16.3. The van der Waals surface area contributed by atoms with Gasteiger partial charge >= 0.3 is 0 Å². The standard InChI is InChI=1S/C15H16N4O2/c1-9-3-2-4-11(13(9)20)14(21)19-6-5-10-7-17-15(16)18-12(10)8-19/h2-4,7,20H,5-6,8H2,1H3,(H2,16,17,18). The Labute approximate surface area is 122 Å². The van der Waals surface area contributed by atoms with E-state index in [9.17, 15) is 9.90 Å². The van der Waals surface area contributed by atoms with Gasteiger partial charge in [0.2, 0.25) is 5.95 Å². The van der Waals surface area contributed by atoms with Crippen LogP contribution in [0.2, 0.25) is 0 Å². The predicted molar refractivity (Wildman–Crippen MR) is 77.7 cm³/mol. The Kier molecular flexibility index (Phi) is 3.21. The first kappa shape index (κ1) is 13.4. The van der Waals surface area contributed by atoms with Gasteiger partial charge in [0.15, 0.2) is 0 Å². The molecule has 1 aliphatic rings. The fourth-order valence-corrected chi connectivity index (χ4v) is 2.49. The normalized spacial score (nSPS) is 13.9. The number of carbonyl (C=O) groups excluding carboxylic acids is 1. The molecule has 0 atom stereocenters. The summed E-state index contributed by atoms with van der Waals surface area (Å²) >= 11 is 0. The van der Waals surface area contributed by atoms with E-state index in [2.05, 4.69) is 9.97 Å². The zero-order chi connectivity index (χ0) is 15.0. The van der Waals surface area contributed by atoms with Gasteiger partial charge in [0, 0.05) is 12.7 Å². The van der Waals surface area contributed by atoms with Crippen molar-refractivity contribution in [2.75, 3.05) is 12.3 Å². The van der Waals surface area contributed by atoms with Crippen LogP contribution >= 0.6 is 0 Å². The van der Waals surface area contributed by atoms with Gasteiger partial charge in [-0.3, -0.25) is 4.79 Å². The molecule has 0 radical (unpaired) electrons. The number of nitrogens with two attached hydrogens (primary N) is 1. The summed E-state index contributed by atoms with van der Waals surface area (Å²) in [5, 5.41) is 10.0. The second-order valence-corrected chi connectivity index (χ2v) is 5.15. The van der Waals surface area contributed by atoms with Crippen molar-refractivity contribution >= 4 is 11.9 Å². The Morgan fingerprint density at radius 3 is 3.05 bits per heavy atom. The number of aryl methyl sites for hydroxylation is 1. The van der Waals surface area contributed by atoms with E-state index >= 15 is 0 Å². The molecule has 0 spiro atoms. The van der Waals surface area contributed by atoms with E-state index in [1.54, 1.807) is 36.2 Å². The lowest BCUT2D eigenvalue weighted by Gasteiger charge is -2.28. The SMILES string of the molecule is Cc1cccc(C(=O)N2CCc3cnc(N)nc3C2)c1O. The van der Waals surface area contributed by atoms with Crippen molar-refractivity contribution in [1.29, 1.82) is 0 Å². The molecule has 0 unspecified atom stereocenters. The monoisotopic (exact) mass is 284 g/mol. The molecule has 0 bridgehead atoms. The second kappa shape index (κ2) is 5.05. The molecule has 0 saturated heterocycles. The van der Waals surface area contributed by atoms with Gasteiger partial charge in [-0.05, 0) is 30.5 Å². The minimum Gasteiger partial charge on any atom is -0.507 e. The van der Waals surface area contributed by atoms with Crippen LogP contribution in [0.4, 0.5) is 5.95 Å². The Balaban J connectivity index is 1.89. The van der Waals surface area contributed by atoms with E-state index in [4.69, 9.17) is 5.73 Å². The molecule has 1 aromatic carbocycles. The van der Waals surface area contributed by atoms with Crippen LogP contribution in [0.1, 0.15) is 27.2 Å². The predicted octanol–water partition coefficient (Wildman–Crippen LogP) is 1.27. The number of carbonyl (C=O) groups is 1. The van der Waals surface area contributed by atoms with Gasteiger partial charge in [-0.25, -0.2) is 9.97 Å². The number of aromatic nitrogens is 2. The third kappa shape index (κ3) is 2.40. The number of rotatable bonds is 1. The number of benzene rings is 1. The number of nitrogens with zero attached hydrogens (tertiary/aromatic N) is 3. The number of nitrogen functional groups attached to an aromatic ring is 1. The quantitative estimate of drug-likeness (QED) is 0.822. The van der Waals surface area contributed by atoms with Crippen molar-refractivity contribution in [3.8, 4) is 5.75 Å². The number of fused-ring (bicyclic) bond motifs is 1. The maximum Gasteiger partial charge on any atom is 0.257 e. The Bertz CT molecular complexity index is 715. The van der Waals surface area contributed by atoms with Crippen molar-refractivity contribution in [3.05, 3.63) is 46.8 Å². The van der Waals surface area contributed by atoms with Crippen LogP contribution in [0.5, 0.6) is 5.75 Å². The topological polar surface area (TPSA) is 92.3 Å². The zero-order valence-electron chi connectivity index (χ0n) is 11.7. The Morgan fingerprint density at radius 2 is 2.24 bits per heavy atom. The van der Waals surface area contributed by atoms with Gasteiger partial charge in [-0.1, -0.05) is 12.1 Å². The molecule has 1 amide bonds. The summed E-state index contributed by atoms with van der Waals surface area (Å²) in [7, 11) is 0. The first-order valence-corrected chi connectivity index (χ1v) is 6.74. The van der Waals surface area contributed by atoms with Gasteiger partial charge in [-0.15, -0.1) is 0 Å². The molecule has 1 aromatic heterocycles. The third-order valence-corrected chi connectivity index (χ3v) is 3.72. The summed E-state index contributed by atoms with van der Waals surface area (Å²) in [5.41, 5.74) is 8.39. The maximum absolute atomic E-state index is 12.6. The van der Waals surface area contributed by atoms with E-state index in [0.717, 1.165) is 11.3 Å². The van der Waals surface area contributed by atoms with E-state index in [0.29, 0.717) is 30.6 Å². The third-order valence-electron chi connectivity index (χ3n) is 3.72. The number of aromatic hydroxyl groups is 1. The highest BCUT2D eigenvalue weighted by molar-refractivity contribution is 5.97. The van der Waals surface area contributed by atoms with E-state index in [1.165, 1.54) is 0 Å². The molecule has 0 saturated carbocycles. The molecule has 0 fully saturated rings. The molecule has 108 valence electrons. The summed E-state index contributed by atoms with van der Waals surface area (Å²) in [6, 6.07) is 5.17. The highest BCUT2D eigenvalue weighted by Crippen LogP contribution is 2.25. The van der Waals surface area contributed by atoms with Crippen LogP contribution in [0.15, 0.2) is 24.4 Å². The molecule has 6 heteroatoms. The lowest BCUT2D eigenvalue weighted by atomic mass is 10.0. The first-order chi connectivity index (χ1) is 10.1. The smallest absolute Gasteiger partial charge is 0.257 e. The molecule has 21 heavy (non-hydrogen) atoms. The fraction of sp³-hybridized carbons (Fsp3) is 0.267. The molecule has 2 aromatic rings. The lowest BCUT2D eigenvalue weighted by Crippen LogP contribution is -2.36. The number of phenols is 1. The number of phenolic OH excluding ortho intramolecular Hbond substituents is 1. The van der Waals surface area contributed by atoms with Gasteiger partial charge in [0.05, 0.1) is 17.8 Å². The van der Waals surface area contributed by atoms with Crippen molar-refractivity contribution in [2.24, 2.45) is 0 Å². The first-order valence-electron chi connectivity index (χ1n) is 6.74. The molecule has 3 N–H and O–H groups in total. The van der Waals surface area contributed by atoms with Crippen LogP contribution < -0.4 is 5.73 Å². The van der Waals surface area contributed by atoms with Gasteiger partial charge in [0.1, 0.15) is 5.75 Å². The molecular formula is C15H16N4O2. The largest absolute Gasteiger partial charge is 0.507 e. The number of para-hydroxylation sites is 1. The van der Waals surface area contributed by atoms with Gasteiger partial charge < -0.3 is 15.7 Å². The number of hydrogen-bond donors (Lipinski definition) is 2. The minimum atomic E-state index is -0.195. The van der Waals surface area contributed by atoms with Crippen molar-refractivity contribution < 1.29 is 9.90 Å². The summed E-state index contributed by atoms with van der Waals surface area (Å²) in [4.78, 5) is 22.4. The summed E-state index contributed by atoms with van der Waals surface area (Å²) in [6.45, 7) is 2.73. The van der Waals surface area contributed by atoms with Crippen molar-refractivity contribution in [2.45, 2.75) is 19.9 Å². The summed E-state index contributed by atoms with van der Waals surface area (Å²) < 4.78 is 0. The molecule has 3 rings (SSSR count). The van der Waals surface area contributed by atoms with Gasteiger partial charge in [0.25, 0.3) is 5.91 Å². The lowest BCUT2D eigenvalue weighted by molar-refractivity contribution is 0.0728. The van der Waals surface area contributed by atoms with Crippen molar-refractivity contribution in [3.63, 3.8) is 0 Å². The Morgan fingerprint density at radius 1 is 1.43 bits per heavy atom. The van der Waals surface area contributed by atoms with E-state index in [-0.39, 0.29) is 17.6 Å². The van der Waals surface area contributed by atoms with E-state index in [1.807, 2.05) is 0 Å². The highest BCUT2D eigenvalue weighted by Gasteiger charge is 2.25. The van der Waals surface area contributed by atoms with Crippen LogP contribution in [0.25, 0.3) is 0 Å². The van der Waals surface area contributed by atoms with Crippen LogP contribution in [0, 0.1) is 6.92 Å². The zero-order valence-corrected chi connectivity index (χ0v) is 11.7. The fourth-order valence-electron chi connectivity index (χ4n) is 2.49. The summed E-state index contributed by atoms with van der Waals surface area (Å²) in [6.07, 6.45) is 2.40. The molecule has 6 nitrogen and oxygen atoms in total. The van der Waals surface area contributed by atoms with Crippen LogP contribution in [-0.2, 0) is 13.0 Å². The summed E-state index contributed by atoms with van der Waals surface area (Å²) in [5.74, 6) is 0.0518. The van der Waals surface area contributed by atoms with E-state index < -0.39 is 0 Å². The average molecular weight is 284 g/mol. The molecule has 0 aliphatic carbocycles. The molecule has 2 heterocycles. The number of hydrogen-bond acceptors (Lipinski definition) is 5. The molecule has 1 aliphatic heterocycles. The minimum absolute atomic E-state index is 0.0375. The van der Waals surface area contributed by atoms with Crippen molar-refractivity contribution in [1.82, 2.24) is 14.9 Å². The number of anilines is 1. The maximum atomic E-state index is 12.6. The van der Waals surface area contributed by atoms with Crippen LogP contribution in [-0.4, -0.2) is 32.4 Å². The number of amides is 1. The second-order valence-electron chi connectivity index (χ2n) is 5.15. The average Bonchev–Trinajstić information content (AvgIpc) is 2.48.